The van der Waals surface area contributed by atoms with Gasteiger partial charge in [0.25, 0.3) is 5.91 Å². The van der Waals surface area contributed by atoms with Crippen molar-refractivity contribution in [1.82, 2.24) is 4.90 Å². The molecule has 0 saturated heterocycles. The average Bonchev–Trinajstić information content (AvgIpc) is 2.79. The van der Waals surface area contributed by atoms with E-state index in [2.05, 4.69) is 19.2 Å². The SMILES string of the molecule is CCCCC(CC)CNc1cc(N)c(C(=O)N(C)C)s1. The molecule has 1 rings (SSSR count). The third-order valence-corrected chi connectivity index (χ3v) is 4.57. The Morgan fingerprint density at radius 1 is 1.45 bits per heavy atom. The van der Waals surface area contributed by atoms with E-state index in [1.54, 1.807) is 19.0 Å². The first kappa shape index (κ1) is 16.8. The Morgan fingerprint density at radius 2 is 2.15 bits per heavy atom. The van der Waals surface area contributed by atoms with Crippen molar-refractivity contribution < 1.29 is 4.79 Å². The van der Waals surface area contributed by atoms with Gasteiger partial charge in [-0.1, -0.05) is 33.1 Å². The summed E-state index contributed by atoms with van der Waals surface area (Å²) in [5.74, 6) is 0.657. The molecule has 20 heavy (non-hydrogen) atoms. The van der Waals surface area contributed by atoms with Crippen LogP contribution >= 0.6 is 11.3 Å². The maximum absolute atomic E-state index is 11.9. The van der Waals surface area contributed by atoms with Crippen molar-refractivity contribution >= 4 is 27.9 Å². The molecule has 1 atom stereocenters. The molecule has 5 heteroatoms. The van der Waals surface area contributed by atoms with E-state index in [0.29, 0.717) is 16.5 Å². The molecule has 0 aromatic carbocycles. The molecule has 0 radical (unpaired) electrons. The molecule has 4 nitrogen and oxygen atoms in total. The van der Waals surface area contributed by atoms with Gasteiger partial charge in [-0.25, -0.2) is 0 Å². The summed E-state index contributed by atoms with van der Waals surface area (Å²) in [6.45, 7) is 5.40. The summed E-state index contributed by atoms with van der Waals surface area (Å²) in [5.41, 5.74) is 6.49. The second kappa shape index (κ2) is 8.15. The highest BCUT2D eigenvalue weighted by molar-refractivity contribution is 7.18. The molecule has 0 spiro atoms. The number of rotatable bonds is 8. The van der Waals surface area contributed by atoms with Gasteiger partial charge in [-0.3, -0.25) is 4.79 Å². The van der Waals surface area contributed by atoms with Crippen LogP contribution in [0.1, 0.15) is 49.2 Å². The third-order valence-electron chi connectivity index (χ3n) is 3.47. The van der Waals surface area contributed by atoms with E-state index in [0.717, 1.165) is 11.5 Å². The van der Waals surface area contributed by atoms with Crippen LogP contribution in [-0.4, -0.2) is 31.4 Å². The van der Waals surface area contributed by atoms with Crippen LogP contribution in [0.15, 0.2) is 6.07 Å². The minimum Gasteiger partial charge on any atom is -0.397 e. The van der Waals surface area contributed by atoms with Gasteiger partial charge in [0.05, 0.1) is 10.7 Å². The third kappa shape index (κ3) is 4.71. The minimum absolute atomic E-state index is 0.0291. The number of nitrogens with zero attached hydrogens (tertiary/aromatic N) is 1. The first-order valence-electron chi connectivity index (χ1n) is 7.34. The number of nitrogens with two attached hydrogens (primary N) is 1. The Hall–Kier alpha value is -1.23. The standard InChI is InChI=1S/C15H27N3OS/c1-5-7-8-11(6-2)10-17-13-9-12(16)14(20-13)15(19)18(3)4/h9,11,17H,5-8,10,16H2,1-4H3. The Labute approximate surface area is 126 Å². The van der Waals surface area contributed by atoms with Gasteiger partial charge in [0.15, 0.2) is 0 Å². The maximum atomic E-state index is 11.9. The van der Waals surface area contributed by atoms with Crippen molar-refractivity contribution in [3.63, 3.8) is 0 Å². The van der Waals surface area contributed by atoms with Crippen LogP contribution in [0.5, 0.6) is 0 Å². The van der Waals surface area contributed by atoms with Gasteiger partial charge < -0.3 is 16.0 Å². The molecule has 0 aliphatic carbocycles. The quantitative estimate of drug-likeness (QED) is 0.770. The van der Waals surface area contributed by atoms with Crippen molar-refractivity contribution in [3.8, 4) is 0 Å². The lowest BCUT2D eigenvalue weighted by Gasteiger charge is -2.15. The van der Waals surface area contributed by atoms with Gasteiger partial charge >= 0.3 is 0 Å². The Balaban J connectivity index is 2.60. The summed E-state index contributed by atoms with van der Waals surface area (Å²) in [4.78, 5) is 14.1. The van der Waals surface area contributed by atoms with Gasteiger partial charge in [-0.15, -0.1) is 11.3 Å². The van der Waals surface area contributed by atoms with Gasteiger partial charge in [0, 0.05) is 20.6 Å². The predicted octanol–water partition coefficient (Wildman–Crippen LogP) is 3.66. The summed E-state index contributed by atoms with van der Waals surface area (Å²) < 4.78 is 0. The summed E-state index contributed by atoms with van der Waals surface area (Å²) in [6, 6.07) is 1.87. The van der Waals surface area contributed by atoms with E-state index in [1.165, 1.54) is 37.0 Å². The van der Waals surface area contributed by atoms with Crippen molar-refractivity contribution in [2.24, 2.45) is 5.92 Å². The van der Waals surface area contributed by atoms with E-state index in [-0.39, 0.29) is 5.91 Å². The zero-order valence-electron chi connectivity index (χ0n) is 13.0. The highest BCUT2D eigenvalue weighted by Crippen LogP contribution is 2.30. The molecule has 1 heterocycles. The largest absolute Gasteiger partial charge is 0.397 e. The van der Waals surface area contributed by atoms with Crippen LogP contribution in [0.2, 0.25) is 0 Å². The Morgan fingerprint density at radius 3 is 2.70 bits per heavy atom. The topological polar surface area (TPSA) is 58.4 Å². The van der Waals surface area contributed by atoms with Crippen LogP contribution < -0.4 is 11.1 Å². The molecule has 0 saturated carbocycles. The molecule has 114 valence electrons. The Kier molecular flexibility index (Phi) is 6.85. The van der Waals surface area contributed by atoms with Gasteiger partial charge in [-0.05, 0) is 18.4 Å². The minimum atomic E-state index is -0.0291. The molecular formula is C15H27N3OS. The van der Waals surface area contributed by atoms with Crippen molar-refractivity contribution in [3.05, 3.63) is 10.9 Å². The van der Waals surface area contributed by atoms with Crippen molar-refractivity contribution in [2.75, 3.05) is 31.7 Å². The molecule has 0 aliphatic heterocycles. The predicted molar refractivity (Wildman–Crippen MR) is 88.5 cm³/mol. The fraction of sp³-hybridized carbons (Fsp3) is 0.667. The van der Waals surface area contributed by atoms with Crippen LogP contribution in [0, 0.1) is 5.92 Å². The molecular weight excluding hydrogens is 270 g/mol. The molecule has 0 fully saturated rings. The van der Waals surface area contributed by atoms with E-state index < -0.39 is 0 Å². The van der Waals surface area contributed by atoms with Crippen LogP contribution in [-0.2, 0) is 0 Å². The molecule has 3 N–H and O–H groups in total. The number of carbonyl (C=O) groups is 1. The second-order valence-electron chi connectivity index (χ2n) is 5.39. The van der Waals surface area contributed by atoms with Crippen molar-refractivity contribution in [1.29, 1.82) is 0 Å². The normalized spacial score (nSPS) is 12.2. The molecule has 0 bridgehead atoms. The lowest BCUT2D eigenvalue weighted by molar-refractivity contribution is 0.0833. The average molecular weight is 297 g/mol. The molecule has 1 aromatic heterocycles. The number of anilines is 2. The number of thiophene rings is 1. The molecule has 0 aliphatic rings. The van der Waals surface area contributed by atoms with Crippen LogP contribution in [0.4, 0.5) is 10.7 Å². The highest BCUT2D eigenvalue weighted by atomic mass is 32.1. The zero-order chi connectivity index (χ0) is 15.1. The second-order valence-corrected chi connectivity index (χ2v) is 6.44. The fourth-order valence-electron chi connectivity index (χ4n) is 2.05. The number of nitrogen functional groups attached to an aromatic ring is 1. The number of nitrogens with one attached hydrogen (secondary N) is 1. The number of unbranched alkanes of at least 4 members (excludes halogenated alkanes) is 1. The van der Waals surface area contributed by atoms with E-state index in [9.17, 15) is 4.79 Å². The summed E-state index contributed by atoms with van der Waals surface area (Å²) in [6.07, 6.45) is 4.95. The number of hydrogen-bond donors (Lipinski definition) is 2. The number of amides is 1. The first-order chi connectivity index (χ1) is 9.49. The number of hydrogen-bond acceptors (Lipinski definition) is 4. The smallest absolute Gasteiger partial charge is 0.265 e. The molecule has 1 amide bonds. The number of carbonyl (C=O) groups excluding carboxylic acids is 1. The van der Waals surface area contributed by atoms with E-state index in [1.807, 2.05) is 6.07 Å². The van der Waals surface area contributed by atoms with E-state index in [4.69, 9.17) is 5.73 Å². The fourth-order valence-corrected chi connectivity index (χ4v) is 3.06. The van der Waals surface area contributed by atoms with Crippen molar-refractivity contribution in [2.45, 2.75) is 39.5 Å². The van der Waals surface area contributed by atoms with Gasteiger partial charge in [0.1, 0.15) is 4.88 Å². The van der Waals surface area contributed by atoms with Crippen LogP contribution in [0.3, 0.4) is 0 Å². The molecule has 1 aromatic rings. The lowest BCUT2D eigenvalue weighted by atomic mass is 9.99. The lowest BCUT2D eigenvalue weighted by Crippen LogP contribution is -2.21. The summed E-state index contributed by atoms with van der Waals surface area (Å²) in [7, 11) is 3.49. The summed E-state index contributed by atoms with van der Waals surface area (Å²) >= 11 is 1.44. The first-order valence-corrected chi connectivity index (χ1v) is 8.16. The monoisotopic (exact) mass is 297 g/mol. The van der Waals surface area contributed by atoms with E-state index >= 15 is 0 Å². The zero-order valence-corrected chi connectivity index (χ0v) is 13.8. The Bertz CT molecular complexity index is 429. The maximum Gasteiger partial charge on any atom is 0.265 e. The highest BCUT2D eigenvalue weighted by Gasteiger charge is 2.16. The molecule has 1 unspecified atom stereocenters. The van der Waals surface area contributed by atoms with Gasteiger partial charge in [0.2, 0.25) is 0 Å². The van der Waals surface area contributed by atoms with Gasteiger partial charge in [-0.2, -0.15) is 0 Å². The summed E-state index contributed by atoms with van der Waals surface area (Å²) in [5, 5.41) is 4.42. The van der Waals surface area contributed by atoms with Crippen LogP contribution in [0.25, 0.3) is 0 Å².